The van der Waals surface area contributed by atoms with Crippen LogP contribution in [-0.2, 0) is 0 Å². The van der Waals surface area contributed by atoms with Crippen LogP contribution < -0.4 is 0 Å². The Morgan fingerprint density at radius 3 is 2.71 bits per heavy atom. The van der Waals surface area contributed by atoms with E-state index in [0.717, 1.165) is 10.6 Å². The summed E-state index contributed by atoms with van der Waals surface area (Å²) in [6.07, 6.45) is 0. The number of thioether (sulfide) groups is 1. The number of halogens is 1. The summed E-state index contributed by atoms with van der Waals surface area (Å²) in [4.78, 5) is 0.829. The van der Waals surface area contributed by atoms with Crippen LogP contribution in [0.3, 0.4) is 0 Å². The maximum atomic E-state index is 13.0. The lowest BCUT2D eigenvalue weighted by Crippen LogP contribution is -1.91. The zero-order valence-corrected chi connectivity index (χ0v) is 9.07. The van der Waals surface area contributed by atoms with Gasteiger partial charge in [0.2, 0.25) is 0 Å². The van der Waals surface area contributed by atoms with Crippen molar-refractivity contribution in [3.63, 3.8) is 0 Å². The first-order chi connectivity index (χ1) is 6.61. The summed E-state index contributed by atoms with van der Waals surface area (Å²) in [5.74, 6) is 1.16. The molecule has 1 aromatic carbocycles. The number of rotatable bonds is 3. The first kappa shape index (κ1) is 11.1. The van der Waals surface area contributed by atoms with Crippen LogP contribution in [0.4, 0.5) is 4.39 Å². The van der Waals surface area contributed by atoms with E-state index in [-0.39, 0.29) is 5.82 Å². The Kier molecular flexibility index (Phi) is 3.97. The highest BCUT2D eigenvalue weighted by molar-refractivity contribution is 7.99. The molecule has 14 heavy (non-hydrogen) atoms. The van der Waals surface area contributed by atoms with Crippen LogP contribution in [0, 0.1) is 23.1 Å². The van der Waals surface area contributed by atoms with Gasteiger partial charge in [0.15, 0.2) is 0 Å². The van der Waals surface area contributed by atoms with E-state index in [1.54, 1.807) is 17.8 Å². The van der Waals surface area contributed by atoms with Gasteiger partial charge in [-0.05, 0) is 24.1 Å². The molecule has 0 saturated heterocycles. The molecule has 0 radical (unpaired) electrons. The number of hydrogen-bond acceptors (Lipinski definition) is 2. The minimum Gasteiger partial charge on any atom is -0.207 e. The Balaban J connectivity index is 2.78. The average molecular weight is 209 g/mol. The monoisotopic (exact) mass is 209 g/mol. The zero-order valence-electron chi connectivity index (χ0n) is 8.25. The van der Waals surface area contributed by atoms with Crippen LogP contribution in [0.15, 0.2) is 23.1 Å². The maximum Gasteiger partial charge on any atom is 0.125 e. The van der Waals surface area contributed by atoms with Crippen molar-refractivity contribution in [2.75, 3.05) is 5.75 Å². The predicted octanol–water partition coefficient (Wildman–Crippen LogP) is 3.45. The van der Waals surface area contributed by atoms with Crippen LogP contribution in [0.2, 0.25) is 0 Å². The van der Waals surface area contributed by atoms with Crippen molar-refractivity contribution < 1.29 is 4.39 Å². The van der Waals surface area contributed by atoms with Crippen LogP contribution in [0.1, 0.15) is 19.4 Å². The molecular weight excluding hydrogens is 197 g/mol. The molecule has 74 valence electrons. The summed E-state index contributed by atoms with van der Waals surface area (Å²) in [6, 6.07) is 6.38. The zero-order chi connectivity index (χ0) is 10.6. The smallest absolute Gasteiger partial charge is 0.125 e. The van der Waals surface area contributed by atoms with Crippen LogP contribution >= 0.6 is 11.8 Å². The van der Waals surface area contributed by atoms with Gasteiger partial charge in [-0.1, -0.05) is 13.8 Å². The molecule has 0 saturated carbocycles. The molecule has 0 spiro atoms. The van der Waals surface area contributed by atoms with Gasteiger partial charge < -0.3 is 0 Å². The van der Waals surface area contributed by atoms with Gasteiger partial charge in [0.05, 0.1) is 11.6 Å². The Hall–Kier alpha value is -1.01. The molecule has 0 N–H and O–H groups in total. The van der Waals surface area contributed by atoms with Gasteiger partial charge in [-0.3, -0.25) is 0 Å². The Labute approximate surface area is 87.9 Å². The van der Waals surface area contributed by atoms with Crippen LogP contribution in [-0.4, -0.2) is 5.75 Å². The van der Waals surface area contributed by atoms with Gasteiger partial charge in [-0.15, -0.1) is 11.8 Å². The highest BCUT2D eigenvalue weighted by atomic mass is 32.2. The van der Waals surface area contributed by atoms with Gasteiger partial charge in [0.1, 0.15) is 5.82 Å². The van der Waals surface area contributed by atoms with E-state index >= 15 is 0 Å². The molecule has 0 fully saturated rings. The van der Waals surface area contributed by atoms with Crippen molar-refractivity contribution in [2.24, 2.45) is 5.92 Å². The summed E-state index contributed by atoms with van der Waals surface area (Å²) < 4.78 is 13.0. The first-order valence-corrected chi connectivity index (χ1v) is 5.44. The van der Waals surface area contributed by atoms with Gasteiger partial charge in [0.25, 0.3) is 0 Å². The van der Waals surface area contributed by atoms with Gasteiger partial charge >= 0.3 is 0 Å². The molecule has 0 amide bonds. The summed E-state index contributed by atoms with van der Waals surface area (Å²) in [7, 11) is 0. The molecule has 1 rings (SSSR count). The summed E-state index contributed by atoms with van der Waals surface area (Å²) in [5.41, 5.74) is 0.385. The van der Waals surface area contributed by atoms with Crippen molar-refractivity contribution in [3.8, 4) is 6.07 Å². The van der Waals surface area contributed by atoms with E-state index in [9.17, 15) is 4.39 Å². The molecule has 0 unspecified atom stereocenters. The van der Waals surface area contributed by atoms with E-state index in [1.807, 2.05) is 6.07 Å². The third-order valence-corrected chi connectivity index (χ3v) is 2.99. The molecule has 1 nitrogen and oxygen atoms in total. The van der Waals surface area contributed by atoms with Crippen molar-refractivity contribution in [1.82, 2.24) is 0 Å². The number of nitrogens with zero attached hydrogens (tertiary/aromatic N) is 1. The largest absolute Gasteiger partial charge is 0.207 e. The minimum absolute atomic E-state index is 0.338. The molecule has 0 bridgehead atoms. The van der Waals surface area contributed by atoms with Gasteiger partial charge in [0, 0.05) is 10.6 Å². The van der Waals surface area contributed by atoms with Crippen molar-refractivity contribution in [2.45, 2.75) is 18.7 Å². The lowest BCUT2D eigenvalue weighted by atomic mass is 10.2. The van der Waals surface area contributed by atoms with Gasteiger partial charge in [-0.25, -0.2) is 4.39 Å². The third kappa shape index (κ3) is 3.39. The van der Waals surface area contributed by atoms with E-state index in [0.29, 0.717) is 11.5 Å². The van der Waals surface area contributed by atoms with Crippen LogP contribution in [0.25, 0.3) is 0 Å². The number of benzene rings is 1. The SMILES string of the molecule is CC(C)CSc1cc(F)cc(C#N)c1. The fourth-order valence-corrected chi connectivity index (χ4v) is 1.91. The lowest BCUT2D eigenvalue weighted by molar-refractivity contribution is 0.623. The Bertz CT molecular complexity index is 355. The summed E-state index contributed by atoms with van der Waals surface area (Å²) in [6.45, 7) is 4.22. The van der Waals surface area contributed by atoms with Crippen molar-refractivity contribution in [1.29, 1.82) is 5.26 Å². The number of hydrogen-bond donors (Lipinski definition) is 0. The number of nitriles is 1. The molecule has 1 aromatic rings. The molecule has 0 aromatic heterocycles. The second-order valence-corrected chi connectivity index (χ2v) is 4.59. The topological polar surface area (TPSA) is 23.8 Å². The predicted molar refractivity (Wildman–Crippen MR) is 56.7 cm³/mol. The van der Waals surface area contributed by atoms with Gasteiger partial charge in [-0.2, -0.15) is 5.26 Å². The second kappa shape index (κ2) is 5.02. The lowest BCUT2D eigenvalue weighted by Gasteiger charge is -2.04. The molecule has 0 aliphatic heterocycles. The molecule has 0 heterocycles. The molecular formula is C11H12FNS. The standard InChI is InChI=1S/C11H12FNS/c1-8(2)7-14-11-4-9(6-13)3-10(12)5-11/h3-5,8H,7H2,1-2H3. The highest BCUT2D eigenvalue weighted by Crippen LogP contribution is 2.22. The fourth-order valence-electron chi connectivity index (χ4n) is 0.973. The quantitative estimate of drug-likeness (QED) is 0.712. The van der Waals surface area contributed by atoms with Crippen LogP contribution in [0.5, 0.6) is 0 Å². The van der Waals surface area contributed by atoms with E-state index < -0.39 is 0 Å². The second-order valence-electron chi connectivity index (χ2n) is 3.49. The van der Waals surface area contributed by atoms with E-state index in [2.05, 4.69) is 13.8 Å². The first-order valence-electron chi connectivity index (χ1n) is 4.45. The Morgan fingerprint density at radius 2 is 2.14 bits per heavy atom. The normalized spacial score (nSPS) is 10.2. The summed E-state index contributed by atoms with van der Waals surface area (Å²) in [5, 5.41) is 8.64. The molecule has 0 atom stereocenters. The molecule has 3 heteroatoms. The van der Waals surface area contributed by atoms with E-state index in [4.69, 9.17) is 5.26 Å². The summed E-state index contributed by atoms with van der Waals surface area (Å²) >= 11 is 1.58. The minimum atomic E-state index is -0.338. The molecule has 0 aliphatic carbocycles. The molecule has 0 aliphatic rings. The fraction of sp³-hybridized carbons (Fsp3) is 0.364. The highest BCUT2D eigenvalue weighted by Gasteiger charge is 2.02. The van der Waals surface area contributed by atoms with E-state index in [1.165, 1.54) is 12.1 Å². The maximum absolute atomic E-state index is 13.0. The Morgan fingerprint density at radius 1 is 1.43 bits per heavy atom. The third-order valence-electron chi connectivity index (χ3n) is 1.58. The average Bonchev–Trinajstić information content (AvgIpc) is 2.14. The van der Waals surface area contributed by atoms with Crippen molar-refractivity contribution >= 4 is 11.8 Å². The van der Waals surface area contributed by atoms with Crippen molar-refractivity contribution in [3.05, 3.63) is 29.6 Å².